The van der Waals surface area contributed by atoms with Gasteiger partial charge < -0.3 is 10.5 Å². The Labute approximate surface area is 122 Å². The molecule has 0 aromatic heterocycles. The van der Waals surface area contributed by atoms with E-state index in [4.69, 9.17) is 10.5 Å². The first-order valence-corrected chi connectivity index (χ1v) is 7.41. The quantitative estimate of drug-likeness (QED) is 0.805. The van der Waals surface area contributed by atoms with Gasteiger partial charge in [-0.25, -0.2) is 17.2 Å². The third-order valence-corrected chi connectivity index (χ3v) is 4.55. The van der Waals surface area contributed by atoms with Crippen LogP contribution < -0.4 is 5.73 Å². The van der Waals surface area contributed by atoms with Crippen molar-refractivity contribution in [3.63, 3.8) is 0 Å². The van der Waals surface area contributed by atoms with Gasteiger partial charge >= 0.3 is 0 Å². The Morgan fingerprint density at radius 3 is 2.62 bits per heavy atom. The van der Waals surface area contributed by atoms with Crippen LogP contribution in [0.2, 0.25) is 0 Å². The summed E-state index contributed by atoms with van der Waals surface area (Å²) >= 11 is 0. The molecule has 21 heavy (non-hydrogen) atoms. The van der Waals surface area contributed by atoms with Gasteiger partial charge in [0.2, 0.25) is 10.0 Å². The van der Waals surface area contributed by atoms with Gasteiger partial charge in [-0.1, -0.05) is 11.8 Å². The Morgan fingerprint density at radius 1 is 1.38 bits per heavy atom. The first-order chi connectivity index (χ1) is 9.84. The van der Waals surface area contributed by atoms with Gasteiger partial charge in [0, 0.05) is 26.8 Å². The summed E-state index contributed by atoms with van der Waals surface area (Å²) in [4.78, 5) is -0.663. The Morgan fingerprint density at radius 2 is 2.05 bits per heavy atom. The third-order valence-electron chi connectivity index (χ3n) is 2.61. The molecule has 0 bridgehead atoms. The largest absolute Gasteiger partial charge is 0.383 e. The third kappa shape index (κ3) is 4.22. The molecule has 0 saturated heterocycles. The van der Waals surface area contributed by atoms with Crippen LogP contribution in [-0.4, -0.2) is 46.6 Å². The summed E-state index contributed by atoms with van der Waals surface area (Å²) in [6.45, 7) is 0.110. The topological polar surface area (TPSA) is 72.6 Å². The average Bonchev–Trinajstić information content (AvgIpc) is 2.41. The van der Waals surface area contributed by atoms with E-state index in [9.17, 15) is 17.2 Å². The fourth-order valence-corrected chi connectivity index (χ4v) is 2.88. The highest BCUT2D eigenvalue weighted by atomic mass is 32.2. The predicted octanol–water partition coefficient (Wildman–Crippen LogP) is 0.542. The summed E-state index contributed by atoms with van der Waals surface area (Å²) in [6.07, 6.45) is 0. The summed E-state index contributed by atoms with van der Waals surface area (Å²) in [6, 6.07) is 1.37. The zero-order valence-electron chi connectivity index (χ0n) is 11.7. The number of benzene rings is 1. The molecule has 2 N–H and O–H groups in total. The molecule has 116 valence electrons. The first-order valence-electron chi connectivity index (χ1n) is 5.97. The molecule has 0 aliphatic rings. The number of methoxy groups -OCH3 is 1. The predicted molar refractivity (Wildman–Crippen MR) is 74.0 cm³/mol. The molecule has 0 saturated carbocycles. The van der Waals surface area contributed by atoms with Gasteiger partial charge in [-0.3, -0.25) is 0 Å². The van der Waals surface area contributed by atoms with E-state index in [-0.39, 0.29) is 25.3 Å². The average molecular weight is 318 g/mol. The molecule has 1 aromatic rings. The Balaban J connectivity index is 3.40. The molecule has 0 radical (unpaired) electrons. The van der Waals surface area contributed by atoms with Gasteiger partial charge in [-0.2, -0.15) is 4.31 Å². The van der Waals surface area contributed by atoms with Gasteiger partial charge in [-0.05, 0) is 6.07 Å². The van der Waals surface area contributed by atoms with Crippen molar-refractivity contribution in [3.8, 4) is 11.8 Å². The van der Waals surface area contributed by atoms with Crippen LogP contribution in [0.25, 0.3) is 0 Å². The summed E-state index contributed by atoms with van der Waals surface area (Å²) in [5, 5.41) is 0. The maximum atomic E-state index is 13.9. The van der Waals surface area contributed by atoms with E-state index in [2.05, 4.69) is 11.8 Å². The molecule has 0 aliphatic heterocycles. The lowest BCUT2D eigenvalue weighted by atomic mass is 10.2. The van der Waals surface area contributed by atoms with Crippen LogP contribution in [0.3, 0.4) is 0 Å². The van der Waals surface area contributed by atoms with Crippen LogP contribution in [0.4, 0.5) is 8.78 Å². The van der Waals surface area contributed by atoms with Crippen LogP contribution in [0.1, 0.15) is 5.56 Å². The number of hydrogen-bond acceptors (Lipinski definition) is 4. The smallest absolute Gasteiger partial charge is 0.247 e. The second-order valence-corrected chi connectivity index (χ2v) is 6.07. The van der Waals surface area contributed by atoms with Crippen molar-refractivity contribution >= 4 is 10.0 Å². The fourth-order valence-electron chi connectivity index (χ4n) is 1.56. The molecule has 0 spiro atoms. The summed E-state index contributed by atoms with van der Waals surface area (Å²) in [5.41, 5.74) is 4.94. The first kappa shape index (κ1) is 17.5. The van der Waals surface area contributed by atoms with Crippen molar-refractivity contribution in [2.45, 2.75) is 4.90 Å². The highest BCUT2D eigenvalue weighted by molar-refractivity contribution is 7.89. The Kier molecular flexibility index (Phi) is 6.23. The van der Waals surface area contributed by atoms with E-state index in [0.717, 1.165) is 10.4 Å². The number of nitrogens with zero attached hydrogens (tertiary/aromatic N) is 1. The van der Waals surface area contributed by atoms with Crippen LogP contribution in [0.15, 0.2) is 17.0 Å². The van der Waals surface area contributed by atoms with Crippen LogP contribution >= 0.6 is 0 Å². The molecule has 5 nitrogen and oxygen atoms in total. The van der Waals surface area contributed by atoms with Crippen LogP contribution in [-0.2, 0) is 14.8 Å². The maximum absolute atomic E-state index is 13.9. The molecule has 0 fully saturated rings. The Hall–Kier alpha value is -1.53. The highest BCUT2D eigenvalue weighted by Crippen LogP contribution is 2.23. The van der Waals surface area contributed by atoms with Gasteiger partial charge in [0.25, 0.3) is 0 Å². The lowest BCUT2D eigenvalue weighted by Gasteiger charge is -2.18. The normalized spacial score (nSPS) is 11.3. The molecule has 1 rings (SSSR count). The van der Waals surface area contributed by atoms with Crippen LogP contribution in [0.5, 0.6) is 0 Å². The van der Waals surface area contributed by atoms with E-state index in [1.165, 1.54) is 14.2 Å². The number of likely N-dealkylation sites (N-methyl/N-ethyl adjacent to an activating group) is 1. The van der Waals surface area contributed by atoms with E-state index in [1.807, 2.05) is 0 Å². The lowest BCUT2D eigenvalue weighted by Crippen LogP contribution is -2.31. The number of nitrogens with two attached hydrogens (primary N) is 1. The second kappa shape index (κ2) is 7.47. The highest BCUT2D eigenvalue weighted by Gasteiger charge is 2.28. The molecule has 1 aromatic carbocycles. The van der Waals surface area contributed by atoms with Crippen molar-refractivity contribution in [1.29, 1.82) is 0 Å². The molecule has 0 aliphatic carbocycles. The zero-order valence-corrected chi connectivity index (χ0v) is 12.5. The number of sulfonamides is 1. The van der Waals surface area contributed by atoms with Crippen molar-refractivity contribution in [1.82, 2.24) is 4.31 Å². The molecular weight excluding hydrogens is 302 g/mol. The number of halogens is 2. The lowest BCUT2D eigenvalue weighted by molar-refractivity contribution is 0.185. The minimum absolute atomic E-state index is 0.0272. The molecule has 8 heteroatoms. The van der Waals surface area contributed by atoms with Gasteiger partial charge in [0.1, 0.15) is 16.5 Å². The molecular formula is C13H16F2N2O3S. The Bertz CT molecular complexity index is 666. The van der Waals surface area contributed by atoms with Crippen LogP contribution in [0, 0.1) is 23.5 Å². The summed E-state index contributed by atoms with van der Waals surface area (Å²) in [5.74, 6) is 2.67. The maximum Gasteiger partial charge on any atom is 0.247 e. The van der Waals surface area contributed by atoms with Crippen molar-refractivity contribution in [2.75, 3.05) is 33.9 Å². The molecule has 0 amide bonds. The monoisotopic (exact) mass is 318 g/mol. The van der Waals surface area contributed by atoms with Gasteiger partial charge in [0.05, 0.1) is 18.7 Å². The number of hydrogen-bond donors (Lipinski definition) is 1. The van der Waals surface area contributed by atoms with Crippen molar-refractivity contribution < 1.29 is 21.9 Å². The fraction of sp³-hybridized carbons (Fsp3) is 0.385. The SMILES string of the molecule is COCCN(C)S(=O)(=O)c1c(F)cc(F)cc1C#CCN. The van der Waals surface area contributed by atoms with Crippen molar-refractivity contribution in [2.24, 2.45) is 5.73 Å². The molecule has 0 atom stereocenters. The van der Waals surface area contributed by atoms with Crippen molar-refractivity contribution in [3.05, 3.63) is 29.3 Å². The number of rotatable bonds is 5. The van der Waals surface area contributed by atoms with Gasteiger partial charge in [-0.15, -0.1) is 0 Å². The van der Waals surface area contributed by atoms with E-state index >= 15 is 0 Å². The molecule has 0 heterocycles. The minimum atomic E-state index is -4.15. The van der Waals surface area contributed by atoms with E-state index in [0.29, 0.717) is 6.07 Å². The van der Waals surface area contributed by atoms with E-state index in [1.54, 1.807) is 0 Å². The zero-order chi connectivity index (χ0) is 16.0. The standard InChI is InChI=1S/C13H16F2N2O3S/c1-17(6-7-20-2)21(18,19)13-10(4-3-5-16)8-11(14)9-12(13)15/h8-9H,5-7,16H2,1-2H3. The number of ether oxygens (including phenoxy) is 1. The van der Waals surface area contributed by atoms with Gasteiger partial charge in [0.15, 0.2) is 0 Å². The second-order valence-electron chi connectivity index (χ2n) is 4.09. The molecule has 0 unspecified atom stereocenters. The summed E-state index contributed by atoms with van der Waals surface area (Å²) < 4.78 is 57.6. The summed E-state index contributed by atoms with van der Waals surface area (Å²) in [7, 11) is -1.46. The minimum Gasteiger partial charge on any atom is -0.383 e. The van der Waals surface area contributed by atoms with E-state index < -0.39 is 26.6 Å².